The van der Waals surface area contributed by atoms with Crippen molar-refractivity contribution in [3.63, 3.8) is 0 Å². The van der Waals surface area contributed by atoms with Crippen LogP contribution in [-0.4, -0.2) is 40.5 Å². The number of rotatable bonds is 4. The highest BCUT2D eigenvalue weighted by atomic mass is 35.5. The predicted molar refractivity (Wildman–Crippen MR) is 79.3 cm³/mol. The van der Waals surface area contributed by atoms with E-state index in [0.29, 0.717) is 5.69 Å². The van der Waals surface area contributed by atoms with Crippen LogP contribution in [0.2, 0.25) is 5.02 Å². The van der Waals surface area contributed by atoms with Crippen molar-refractivity contribution >= 4 is 29.1 Å². The summed E-state index contributed by atoms with van der Waals surface area (Å²) < 4.78 is 6.77. The summed E-state index contributed by atoms with van der Waals surface area (Å²) in [5.41, 5.74) is 0.321. The minimum Gasteiger partial charge on any atom is -0.381 e. The number of hydrogen-bond acceptors (Lipinski definition) is 5. The van der Waals surface area contributed by atoms with Crippen molar-refractivity contribution in [3.8, 4) is 0 Å². The SMILES string of the molecule is CSC1(CNc2cnn(C)c(=O)c2Cl)CCOCC1. The first-order chi connectivity index (χ1) is 9.08. The highest BCUT2D eigenvalue weighted by molar-refractivity contribution is 8.00. The molecule has 1 aliphatic rings. The van der Waals surface area contributed by atoms with Gasteiger partial charge < -0.3 is 10.1 Å². The molecule has 0 aliphatic carbocycles. The normalized spacial score (nSPS) is 18.3. The Labute approximate surface area is 121 Å². The van der Waals surface area contributed by atoms with Crippen molar-refractivity contribution in [3.05, 3.63) is 21.6 Å². The van der Waals surface area contributed by atoms with Gasteiger partial charge in [0, 0.05) is 31.6 Å². The van der Waals surface area contributed by atoms with Crippen molar-refractivity contribution in [2.24, 2.45) is 7.05 Å². The van der Waals surface area contributed by atoms with Crippen LogP contribution in [0.25, 0.3) is 0 Å². The Hall–Kier alpha value is -0.720. The van der Waals surface area contributed by atoms with Crippen LogP contribution in [0.4, 0.5) is 5.69 Å². The smallest absolute Gasteiger partial charge is 0.287 e. The summed E-state index contributed by atoms with van der Waals surface area (Å²) >= 11 is 7.87. The predicted octanol–water partition coefficient (Wildman–Crippen LogP) is 1.76. The van der Waals surface area contributed by atoms with E-state index in [9.17, 15) is 4.79 Å². The maximum absolute atomic E-state index is 11.7. The second-order valence-electron chi connectivity index (χ2n) is 4.65. The molecule has 2 rings (SSSR count). The van der Waals surface area contributed by atoms with Crippen molar-refractivity contribution < 1.29 is 4.74 Å². The van der Waals surface area contributed by atoms with Gasteiger partial charge in [0.25, 0.3) is 5.56 Å². The topological polar surface area (TPSA) is 56.2 Å². The van der Waals surface area contributed by atoms with Gasteiger partial charge in [-0.15, -0.1) is 0 Å². The molecule has 0 unspecified atom stereocenters. The van der Waals surface area contributed by atoms with Crippen molar-refractivity contribution in [2.75, 3.05) is 31.3 Å². The molecule has 1 saturated heterocycles. The minimum atomic E-state index is -0.281. The van der Waals surface area contributed by atoms with Gasteiger partial charge in [-0.2, -0.15) is 16.9 Å². The molecule has 7 heteroatoms. The Morgan fingerprint density at radius 1 is 1.58 bits per heavy atom. The lowest BCUT2D eigenvalue weighted by molar-refractivity contribution is 0.0802. The van der Waals surface area contributed by atoms with Crippen LogP contribution in [0.3, 0.4) is 0 Å². The molecule has 1 aliphatic heterocycles. The molecule has 0 radical (unpaired) electrons. The largest absolute Gasteiger partial charge is 0.381 e. The van der Waals surface area contributed by atoms with Gasteiger partial charge in [-0.1, -0.05) is 11.6 Å². The monoisotopic (exact) mass is 303 g/mol. The van der Waals surface area contributed by atoms with Gasteiger partial charge in [0.1, 0.15) is 5.02 Å². The molecule has 1 N–H and O–H groups in total. The second-order valence-corrected chi connectivity index (χ2v) is 6.31. The van der Waals surface area contributed by atoms with E-state index in [1.165, 1.54) is 4.68 Å². The fraction of sp³-hybridized carbons (Fsp3) is 0.667. The Balaban J connectivity index is 2.09. The lowest BCUT2D eigenvalue weighted by Crippen LogP contribution is -2.39. The van der Waals surface area contributed by atoms with Crippen LogP contribution < -0.4 is 10.9 Å². The van der Waals surface area contributed by atoms with E-state index in [1.807, 2.05) is 11.8 Å². The molecular formula is C12H18ClN3O2S. The number of nitrogens with one attached hydrogen (secondary N) is 1. The lowest BCUT2D eigenvalue weighted by atomic mass is 9.99. The zero-order valence-corrected chi connectivity index (χ0v) is 12.7. The van der Waals surface area contributed by atoms with Crippen molar-refractivity contribution in [1.29, 1.82) is 0 Å². The van der Waals surface area contributed by atoms with Gasteiger partial charge in [-0.3, -0.25) is 4.79 Å². The molecule has 0 spiro atoms. The lowest BCUT2D eigenvalue weighted by Gasteiger charge is -2.36. The molecule has 2 heterocycles. The van der Waals surface area contributed by atoms with E-state index in [4.69, 9.17) is 16.3 Å². The number of thioether (sulfide) groups is 1. The molecule has 5 nitrogen and oxygen atoms in total. The first kappa shape index (κ1) is 14.7. The van der Waals surface area contributed by atoms with Gasteiger partial charge in [-0.25, -0.2) is 4.68 Å². The molecule has 0 saturated carbocycles. The highest BCUT2D eigenvalue weighted by Gasteiger charge is 2.31. The van der Waals surface area contributed by atoms with Crippen molar-refractivity contribution in [2.45, 2.75) is 17.6 Å². The summed E-state index contributed by atoms with van der Waals surface area (Å²) in [6, 6.07) is 0. The quantitative estimate of drug-likeness (QED) is 0.918. The van der Waals surface area contributed by atoms with Gasteiger partial charge >= 0.3 is 0 Å². The third kappa shape index (κ3) is 3.24. The maximum Gasteiger partial charge on any atom is 0.287 e. The Kier molecular flexibility index (Phi) is 4.76. The molecule has 0 atom stereocenters. The number of anilines is 1. The van der Waals surface area contributed by atoms with E-state index in [-0.39, 0.29) is 15.3 Å². The van der Waals surface area contributed by atoms with Crippen LogP contribution in [0.15, 0.2) is 11.0 Å². The third-order valence-corrected chi connectivity index (χ3v) is 5.30. The Morgan fingerprint density at radius 3 is 2.89 bits per heavy atom. The van der Waals surface area contributed by atoms with Gasteiger partial charge in [0.05, 0.1) is 11.9 Å². The van der Waals surface area contributed by atoms with Gasteiger partial charge in [-0.05, 0) is 19.1 Å². The molecular weight excluding hydrogens is 286 g/mol. The number of nitrogens with zero attached hydrogens (tertiary/aromatic N) is 2. The molecule has 106 valence electrons. The maximum atomic E-state index is 11.7. The van der Waals surface area contributed by atoms with Crippen LogP contribution >= 0.6 is 23.4 Å². The first-order valence-corrected chi connectivity index (χ1v) is 7.77. The average molecular weight is 304 g/mol. The van der Waals surface area contributed by atoms with Crippen LogP contribution in [0, 0.1) is 0 Å². The molecule has 1 aromatic rings. The zero-order valence-electron chi connectivity index (χ0n) is 11.1. The summed E-state index contributed by atoms with van der Waals surface area (Å²) in [6.07, 6.45) is 5.70. The molecule has 1 aromatic heterocycles. The summed E-state index contributed by atoms with van der Waals surface area (Å²) in [7, 11) is 1.58. The fourth-order valence-corrected chi connectivity index (χ4v) is 3.12. The van der Waals surface area contributed by atoms with Gasteiger partial charge in [0.15, 0.2) is 0 Å². The number of ether oxygens (including phenoxy) is 1. The van der Waals surface area contributed by atoms with Crippen LogP contribution in [0.5, 0.6) is 0 Å². The standard InChI is InChI=1S/C12H18ClN3O2S/c1-16-11(17)10(13)9(7-15-16)14-8-12(19-2)3-5-18-6-4-12/h7,14H,3-6,8H2,1-2H3. The number of hydrogen-bond donors (Lipinski definition) is 1. The summed E-state index contributed by atoms with van der Waals surface area (Å²) in [5, 5.41) is 7.43. The van der Waals surface area contributed by atoms with Crippen LogP contribution in [-0.2, 0) is 11.8 Å². The van der Waals surface area contributed by atoms with E-state index in [0.717, 1.165) is 32.6 Å². The zero-order chi connectivity index (χ0) is 13.9. The summed E-state index contributed by atoms with van der Waals surface area (Å²) in [4.78, 5) is 11.7. The van der Waals surface area contributed by atoms with E-state index in [2.05, 4.69) is 16.7 Å². The molecule has 1 fully saturated rings. The van der Waals surface area contributed by atoms with Crippen LogP contribution in [0.1, 0.15) is 12.8 Å². The number of aromatic nitrogens is 2. The number of aryl methyl sites for hydroxylation is 1. The number of halogens is 1. The Morgan fingerprint density at radius 2 is 2.26 bits per heavy atom. The third-order valence-electron chi connectivity index (χ3n) is 3.52. The summed E-state index contributed by atoms with van der Waals surface area (Å²) in [5.74, 6) is 0. The molecule has 0 aromatic carbocycles. The second kappa shape index (κ2) is 6.15. The van der Waals surface area contributed by atoms with E-state index < -0.39 is 0 Å². The summed E-state index contributed by atoms with van der Waals surface area (Å²) in [6.45, 7) is 2.32. The van der Waals surface area contributed by atoms with E-state index >= 15 is 0 Å². The molecule has 0 bridgehead atoms. The highest BCUT2D eigenvalue weighted by Crippen LogP contribution is 2.34. The Bertz CT molecular complexity index is 500. The van der Waals surface area contributed by atoms with E-state index in [1.54, 1.807) is 13.2 Å². The first-order valence-electron chi connectivity index (χ1n) is 6.16. The molecule has 19 heavy (non-hydrogen) atoms. The van der Waals surface area contributed by atoms with Gasteiger partial charge in [0.2, 0.25) is 0 Å². The minimum absolute atomic E-state index is 0.142. The fourth-order valence-electron chi connectivity index (χ4n) is 2.09. The average Bonchev–Trinajstić information content (AvgIpc) is 2.45. The molecule has 0 amide bonds. The van der Waals surface area contributed by atoms with Crippen molar-refractivity contribution in [1.82, 2.24) is 9.78 Å².